The molecular formula is C18H22F3N5O4. The number of fused-ring (bicyclic) bond motifs is 1. The highest BCUT2D eigenvalue weighted by Crippen LogP contribution is 2.30. The molecule has 0 aromatic carbocycles. The van der Waals surface area contributed by atoms with Gasteiger partial charge in [0.2, 0.25) is 0 Å². The van der Waals surface area contributed by atoms with Crippen molar-refractivity contribution in [2.45, 2.75) is 32.5 Å². The lowest BCUT2D eigenvalue weighted by Crippen LogP contribution is -2.43. The summed E-state index contributed by atoms with van der Waals surface area (Å²) in [6.07, 6.45) is 0.603. The molecule has 0 saturated carbocycles. The van der Waals surface area contributed by atoms with Gasteiger partial charge >= 0.3 is 12.1 Å². The molecule has 12 heteroatoms. The number of alkyl halides is 3. The Morgan fingerprint density at radius 2 is 1.93 bits per heavy atom. The number of carboxylic acid groups (broad SMARTS) is 1. The maximum Gasteiger partial charge on any atom is 0.490 e. The van der Waals surface area contributed by atoms with Crippen LogP contribution in [-0.4, -0.2) is 67.3 Å². The van der Waals surface area contributed by atoms with Gasteiger partial charge in [0.1, 0.15) is 5.69 Å². The summed E-state index contributed by atoms with van der Waals surface area (Å²) < 4.78 is 39.3. The third-order valence-electron chi connectivity index (χ3n) is 4.33. The molecule has 2 aromatic heterocycles. The molecule has 0 bridgehead atoms. The van der Waals surface area contributed by atoms with Crippen molar-refractivity contribution in [3.63, 3.8) is 0 Å². The van der Waals surface area contributed by atoms with Crippen molar-refractivity contribution in [2.24, 2.45) is 7.05 Å². The minimum Gasteiger partial charge on any atom is -0.475 e. The first-order valence-electron chi connectivity index (χ1n) is 9.03. The van der Waals surface area contributed by atoms with Crippen molar-refractivity contribution >= 4 is 11.9 Å². The number of amides is 1. The number of aromatic nitrogens is 4. The largest absolute Gasteiger partial charge is 0.490 e. The topological polar surface area (TPSA) is 110 Å². The Labute approximate surface area is 170 Å². The molecule has 9 nitrogen and oxygen atoms in total. The van der Waals surface area contributed by atoms with Gasteiger partial charge in [0.15, 0.2) is 0 Å². The molecule has 0 aliphatic carbocycles. The Morgan fingerprint density at radius 1 is 1.27 bits per heavy atom. The average Bonchev–Trinajstić information content (AvgIpc) is 3.07. The number of rotatable bonds is 4. The Kier molecular flexibility index (Phi) is 7.48. The van der Waals surface area contributed by atoms with Gasteiger partial charge in [-0.3, -0.25) is 9.78 Å². The van der Waals surface area contributed by atoms with Gasteiger partial charge in [0.25, 0.3) is 5.91 Å². The monoisotopic (exact) mass is 429 g/mol. The quantitative estimate of drug-likeness (QED) is 0.791. The number of nitrogens with zero attached hydrogens (tertiary/aromatic N) is 5. The number of carbonyl (C=O) groups is 2. The summed E-state index contributed by atoms with van der Waals surface area (Å²) in [5, 5.41) is 7.12. The number of carbonyl (C=O) groups excluding carboxylic acids is 1. The molecule has 1 atom stereocenters. The van der Waals surface area contributed by atoms with E-state index in [0.717, 1.165) is 23.5 Å². The minimum absolute atomic E-state index is 0.117. The number of hydrogen-bond donors (Lipinski definition) is 1. The number of halogens is 3. The number of imidazole rings is 1. The van der Waals surface area contributed by atoms with Crippen LogP contribution in [0.1, 0.15) is 40.5 Å². The standard InChI is InChI=1S/C16H21N5O2.C2HF3O2/c1-4-23-9-14-15-12(19-10-20(15)3)5-6-21(14)16(22)13-8-17-11(2)7-18-13;3-2(4,5)1(6)7/h7-8,10,14H,4-6,9H2,1-3H3;(H,6,7). The first kappa shape index (κ1) is 23.3. The van der Waals surface area contributed by atoms with Crippen LogP contribution in [0.15, 0.2) is 18.7 Å². The lowest BCUT2D eigenvalue weighted by molar-refractivity contribution is -0.192. The fourth-order valence-electron chi connectivity index (χ4n) is 2.93. The smallest absolute Gasteiger partial charge is 0.475 e. The fraction of sp³-hybridized carbons (Fsp3) is 0.500. The van der Waals surface area contributed by atoms with Gasteiger partial charge in [-0.25, -0.2) is 14.8 Å². The van der Waals surface area contributed by atoms with Crippen LogP contribution in [0.5, 0.6) is 0 Å². The highest BCUT2D eigenvalue weighted by Gasteiger charge is 2.38. The first-order valence-corrected chi connectivity index (χ1v) is 9.03. The van der Waals surface area contributed by atoms with E-state index in [2.05, 4.69) is 15.0 Å². The zero-order valence-corrected chi connectivity index (χ0v) is 16.7. The van der Waals surface area contributed by atoms with Gasteiger partial charge in [-0.15, -0.1) is 0 Å². The van der Waals surface area contributed by atoms with E-state index in [0.29, 0.717) is 25.5 Å². The molecule has 1 N–H and O–H groups in total. The van der Waals surface area contributed by atoms with Gasteiger partial charge in [0, 0.05) is 32.8 Å². The predicted molar refractivity (Wildman–Crippen MR) is 97.6 cm³/mol. The van der Waals surface area contributed by atoms with E-state index in [1.54, 1.807) is 12.5 Å². The maximum absolute atomic E-state index is 12.9. The first-order chi connectivity index (χ1) is 14.1. The summed E-state index contributed by atoms with van der Waals surface area (Å²) in [5.74, 6) is -2.87. The molecule has 1 aliphatic rings. The summed E-state index contributed by atoms with van der Waals surface area (Å²) in [7, 11) is 1.95. The molecule has 0 spiro atoms. The summed E-state index contributed by atoms with van der Waals surface area (Å²) in [6, 6.07) is -0.151. The number of ether oxygens (including phenoxy) is 1. The van der Waals surface area contributed by atoms with Gasteiger partial charge in [0.05, 0.1) is 42.3 Å². The molecule has 164 valence electrons. The van der Waals surface area contributed by atoms with Crippen LogP contribution in [0.4, 0.5) is 13.2 Å². The van der Waals surface area contributed by atoms with E-state index in [1.807, 2.05) is 30.4 Å². The van der Waals surface area contributed by atoms with Gasteiger partial charge < -0.3 is 19.3 Å². The molecule has 0 fully saturated rings. The SMILES string of the molecule is CCOCC1c2c(ncn2C)CCN1C(=O)c1cnc(C)cn1.O=C(O)C(F)(F)F. The third-order valence-corrected chi connectivity index (χ3v) is 4.33. The summed E-state index contributed by atoms with van der Waals surface area (Å²) in [5.41, 5.74) is 3.23. The molecular weight excluding hydrogens is 407 g/mol. The van der Waals surface area contributed by atoms with Crippen molar-refractivity contribution in [3.8, 4) is 0 Å². The summed E-state index contributed by atoms with van der Waals surface area (Å²) in [6.45, 7) is 5.47. The van der Waals surface area contributed by atoms with Crippen molar-refractivity contribution in [1.29, 1.82) is 0 Å². The Balaban J connectivity index is 0.000000396. The Bertz CT molecular complexity index is 883. The molecule has 3 heterocycles. The van der Waals surface area contributed by atoms with Crippen LogP contribution >= 0.6 is 0 Å². The molecule has 1 aliphatic heterocycles. The zero-order valence-electron chi connectivity index (χ0n) is 16.7. The molecule has 0 saturated heterocycles. The second-order valence-corrected chi connectivity index (χ2v) is 6.46. The Morgan fingerprint density at radius 3 is 2.47 bits per heavy atom. The van der Waals surface area contributed by atoms with Gasteiger partial charge in [-0.1, -0.05) is 0 Å². The number of aryl methyl sites for hydroxylation is 2. The van der Waals surface area contributed by atoms with Crippen LogP contribution < -0.4 is 0 Å². The zero-order chi connectivity index (χ0) is 22.5. The molecule has 0 radical (unpaired) electrons. The van der Waals surface area contributed by atoms with Crippen molar-refractivity contribution < 1.29 is 32.6 Å². The van der Waals surface area contributed by atoms with E-state index in [1.165, 1.54) is 6.20 Å². The summed E-state index contributed by atoms with van der Waals surface area (Å²) >= 11 is 0. The third kappa shape index (κ3) is 5.53. The van der Waals surface area contributed by atoms with E-state index in [-0.39, 0.29) is 11.9 Å². The van der Waals surface area contributed by atoms with Gasteiger partial charge in [-0.05, 0) is 13.8 Å². The van der Waals surface area contributed by atoms with Crippen LogP contribution in [0.3, 0.4) is 0 Å². The maximum atomic E-state index is 12.9. The predicted octanol–water partition coefficient (Wildman–Crippen LogP) is 1.93. The number of hydrogen-bond acceptors (Lipinski definition) is 6. The Hall–Kier alpha value is -3.02. The van der Waals surface area contributed by atoms with Crippen LogP contribution in [0.25, 0.3) is 0 Å². The second-order valence-electron chi connectivity index (χ2n) is 6.46. The normalized spacial score (nSPS) is 15.8. The van der Waals surface area contributed by atoms with Crippen LogP contribution in [-0.2, 0) is 23.0 Å². The highest BCUT2D eigenvalue weighted by atomic mass is 19.4. The van der Waals surface area contributed by atoms with Crippen molar-refractivity contribution in [3.05, 3.63) is 41.5 Å². The van der Waals surface area contributed by atoms with E-state index < -0.39 is 12.1 Å². The molecule has 1 unspecified atom stereocenters. The minimum atomic E-state index is -5.08. The molecule has 30 heavy (non-hydrogen) atoms. The van der Waals surface area contributed by atoms with Crippen LogP contribution in [0.2, 0.25) is 0 Å². The molecule has 2 aromatic rings. The van der Waals surface area contributed by atoms with Crippen molar-refractivity contribution in [2.75, 3.05) is 19.8 Å². The van der Waals surface area contributed by atoms with E-state index in [4.69, 9.17) is 14.6 Å². The fourth-order valence-corrected chi connectivity index (χ4v) is 2.93. The lowest BCUT2D eigenvalue weighted by atomic mass is 10.0. The molecule has 3 rings (SSSR count). The number of aliphatic carboxylic acids is 1. The lowest BCUT2D eigenvalue weighted by Gasteiger charge is -2.35. The van der Waals surface area contributed by atoms with Crippen molar-refractivity contribution in [1.82, 2.24) is 24.4 Å². The van der Waals surface area contributed by atoms with Crippen LogP contribution in [0, 0.1) is 6.92 Å². The second kappa shape index (κ2) is 9.65. The van der Waals surface area contributed by atoms with E-state index >= 15 is 0 Å². The highest BCUT2D eigenvalue weighted by molar-refractivity contribution is 5.92. The van der Waals surface area contributed by atoms with E-state index in [9.17, 15) is 18.0 Å². The van der Waals surface area contributed by atoms with Gasteiger partial charge in [-0.2, -0.15) is 13.2 Å². The number of carboxylic acids is 1. The average molecular weight is 429 g/mol. The summed E-state index contributed by atoms with van der Waals surface area (Å²) in [4.78, 5) is 36.4. The molecule has 1 amide bonds.